The Balaban J connectivity index is 0.00000361. The van der Waals surface area contributed by atoms with Gasteiger partial charge in [-0.3, -0.25) is 4.79 Å². The quantitative estimate of drug-likeness (QED) is 0.682. The highest BCUT2D eigenvalue weighted by atomic mass is 35.5. The van der Waals surface area contributed by atoms with Crippen molar-refractivity contribution in [3.63, 3.8) is 0 Å². The molecule has 1 aromatic rings. The Morgan fingerprint density at radius 3 is 2.60 bits per heavy atom. The van der Waals surface area contributed by atoms with Gasteiger partial charge in [-0.2, -0.15) is 0 Å². The minimum absolute atomic E-state index is 0. The van der Waals surface area contributed by atoms with Crippen LogP contribution in [0, 0.1) is 0 Å². The maximum atomic E-state index is 11.5. The van der Waals surface area contributed by atoms with Gasteiger partial charge in [0.1, 0.15) is 0 Å². The molecule has 0 spiro atoms. The number of ether oxygens (including phenoxy) is 2. The summed E-state index contributed by atoms with van der Waals surface area (Å²) in [5.41, 5.74) is 5.37. The molecular formula is C14H23ClN2O3. The van der Waals surface area contributed by atoms with Crippen molar-refractivity contribution < 1.29 is 14.3 Å². The zero-order valence-electron chi connectivity index (χ0n) is 11.8. The number of hydrogen-bond donors (Lipinski definition) is 2. The molecule has 0 aromatic heterocycles. The van der Waals surface area contributed by atoms with Crippen LogP contribution in [-0.4, -0.2) is 32.7 Å². The van der Waals surface area contributed by atoms with E-state index < -0.39 is 0 Å². The molecule has 20 heavy (non-hydrogen) atoms. The first kappa shape index (κ1) is 18.5. The van der Waals surface area contributed by atoms with Crippen LogP contribution < -0.4 is 20.5 Å². The number of unbranched alkanes of at least 4 members (excludes halogenated alkanes) is 1. The summed E-state index contributed by atoms with van der Waals surface area (Å²) in [6.45, 7) is 1.67. The van der Waals surface area contributed by atoms with Crippen LogP contribution in [0.4, 0.5) is 0 Å². The largest absolute Gasteiger partial charge is 0.493 e. The van der Waals surface area contributed by atoms with Crippen LogP contribution in [-0.2, 0) is 4.79 Å². The number of rotatable bonds is 9. The third-order valence-electron chi connectivity index (χ3n) is 2.61. The van der Waals surface area contributed by atoms with Crippen LogP contribution in [0.15, 0.2) is 24.3 Å². The van der Waals surface area contributed by atoms with E-state index in [0.29, 0.717) is 37.6 Å². The Hall–Kier alpha value is -1.46. The molecule has 0 bridgehead atoms. The Bertz CT molecular complexity index is 388. The summed E-state index contributed by atoms with van der Waals surface area (Å²) in [6.07, 6.45) is 2.17. The number of nitrogens with one attached hydrogen (secondary N) is 1. The second-order valence-electron chi connectivity index (χ2n) is 4.10. The van der Waals surface area contributed by atoms with Crippen molar-refractivity contribution in [2.75, 3.05) is 26.8 Å². The summed E-state index contributed by atoms with van der Waals surface area (Å²) in [6, 6.07) is 7.38. The minimum atomic E-state index is -0.00748. The number of methoxy groups -OCH3 is 1. The number of para-hydroxylation sites is 2. The molecule has 114 valence electrons. The van der Waals surface area contributed by atoms with Crippen LogP contribution in [0.2, 0.25) is 0 Å². The zero-order chi connectivity index (χ0) is 13.9. The molecule has 3 N–H and O–H groups in total. The lowest BCUT2D eigenvalue weighted by molar-refractivity contribution is -0.121. The van der Waals surface area contributed by atoms with Crippen molar-refractivity contribution in [1.29, 1.82) is 0 Å². The van der Waals surface area contributed by atoms with Crippen LogP contribution in [0.1, 0.15) is 19.3 Å². The van der Waals surface area contributed by atoms with Crippen molar-refractivity contribution in [3.05, 3.63) is 24.3 Å². The van der Waals surface area contributed by atoms with Crippen LogP contribution in [0.25, 0.3) is 0 Å². The Labute approximate surface area is 126 Å². The first-order valence-corrected chi connectivity index (χ1v) is 6.50. The van der Waals surface area contributed by atoms with E-state index in [1.54, 1.807) is 7.11 Å². The van der Waals surface area contributed by atoms with E-state index in [2.05, 4.69) is 5.32 Å². The molecule has 0 heterocycles. The van der Waals surface area contributed by atoms with E-state index in [1.165, 1.54) is 0 Å². The molecule has 1 amide bonds. The fourth-order valence-electron chi connectivity index (χ4n) is 1.58. The van der Waals surface area contributed by atoms with Crippen molar-refractivity contribution in [3.8, 4) is 11.5 Å². The molecule has 0 aliphatic rings. The molecule has 0 atom stereocenters. The zero-order valence-corrected chi connectivity index (χ0v) is 12.6. The highest BCUT2D eigenvalue weighted by molar-refractivity contribution is 5.85. The summed E-state index contributed by atoms with van der Waals surface area (Å²) in [5.74, 6) is 1.32. The molecular weight excluding hydrogens is 280 g/mol. The summed E-state index contributed by atoms with van der Waals surface area (Å²) >= 11 is 0. The van der Waals surface area contributed by atoms with Crippen molar-refractivity contribution >= 4 is 18.3 Å². The van der Waals surface area contributed by atoms with E-state index in [4.69, 9.17) is 15.2 Å². The molecule has 1 rings (SSSR count). The maximum Gasteiger partial charge on any atom is 0.223 e. The van der Waals surface area contributed by atoms with Gasteiger partial charge in [-0.1, -0.05) is 12.1 Å². The van der Waals surface area contributed by atoms with Gasteiger partial charge in [0, 0.05) is 6.54 Å². The second kappa shape index (κ2) is 11.4. The molecule has 0 aliphatic carbocycles. The van der Waals surface area contributed by atoms with E-state index in [0.717, 1.165) is 12.8 Å². The molecule has 1 aromatic carbocycles. The van der Waals surface area contributed by atoms with Gasteiger partial charge in [0.05, 0.1) is 20.1 Å². The van der Waals surface area contributed by atoms with Gasteiger partial charge in [0.25, 0.3) is 0 Å². The van der Waals surface area contributed by atoms with Gasteiger partial charge in [0.2, 0.25) is 5.91 Å². The minimum Gasteiger partial charge on any atom is -0.493 e. The third kappa shape index (κ3) is 7.21. The first-order valence-electron chi connectivity index (χ1n) is 6.50. The highest BCUT2D eigenvalue weighted by Crippen LogP contribution is 2.25. The molecule has 0 saturated heterocycles. The summed E-state index contributed by atoms with van der Waals surface area (Å²) in [7, 11) is 1.59. The van der Waals surface area contributed by atoms with Gasteiger partial charge in [0.15, 0.2) is 11.5 Å². The number of amides is 1. The van der Waals surface area contributed by atoms with Crippen LogP contribution in [0.5, 0.6) is 11.5 Å². The molecule has 0 radical (unpaired) electrons. The number of nitrogens with two attached hydrogens (primary N) is 1. The predicted octanol–water partition coefficient (Wildman–Crippen LogP) is 1.74. The van der Waals surface area contributed by atoms with E-state index in [1.807, 2.05) is 24.3 Å². The average molecular weight is 303 g/mol. The Kier molecular flexibility index (Phi) is 10.5. The molecule has 0 fully saturated rings. The lowest BCUT2D eigenvalue weighted by Gasteiger charge is -2.10. The van der Waals surface area contributed by atoms with Crippen molar-refractivity contribution in [1.82, 2.24) is 5.32 Å². The van der Waals surface area contributed by atoms with Crippen molar-refractivity contribution in [2.24, 2.45) is 5.73 Å². The second-order valence-corrected chi connectivity index (χ2v) is 4.10. The SMILES string of the molecule is COc1ccccc1OCCC(=O)NCCCCN.Cl. The lowest BCUT2D eigenvalue weighted by atomic mass is 10.3. The van der Waals surface area contributed by atoms with Gasteiger partial charge in [-0.05, 0) is 31.5 Å². The fraction of sp³-hybridized carbons (Fsp3) is 0.500. The van der Waals surface area contributed by atoms with Crippen molar-refractivity contribution in [2.45, 2.75) is 19.3 Å². The topological polar surface area (TPSA) is 73.6 Å². The molecule has 0 saturated carbocycles. The summed E-state index contributed by atoms with van der Waals surface area (Å²) in [5, 5.41) is 2.83. The van der Waals surface area contributed by atoms with Gasteiger partial charge >= 0.3 is 0 Å². The summed E-state index contributed by atoms with van der Waals surface area (Å²) < 4.78 is 10.7. The number of carbonyl (C=O) groups excluding carboxylic acids is 1. The molecule has 0 unspecified atom stereocenters. The number of benzene rings is 1. The Morgan fingerprint density at radius 2 is 1.95 bits per heavy atom. The molecule has 0 aliphatic heterocycles. The van der Waals surface area contributed by atoms with E-state index in [-0.39, 0.29) is 18.3 Å². The predicted molar refractivity (Wildman–Crippen MR) is 81.7 cm³/mol. The molecule has 6 heteroatoms. The lowest BCUT2D eigenvalue weighted by Crippen LogP contribution is -2.26. The fourth-order valence-corrected chi connectivity index (χ4v) is 1.58. The van der Waals surface area contributed by atoms with Crippen LogP contribution in [0.3, 0.4) is 0 Å². The first-order chi connectivity index (χ1) is 9.27. The summed E-state index contributed by atoms with van der Waals surface area (Å²) in [4.78, 5) is 11.5. The van der Waals surface area contributed by atoms with Gasteiger partial charge in [-0.15, -0.1) is 12.4 Å². The molecule has 5 nitrogen and oxygen atoms in total. The normalized spacial score (nSPS) is 9.50. The third-order valence-corrected chi connectivity index (χ3v) is 2.61. The van der Waals surface area contributed by atoms with E-state index >= 15 is 0 Å². The van der Waals surface area contributed by atoms with Gasteiger partial charge in [-0.25, -0.2) is 0 Å². The average Bonchev–Trinajstić information content (AvgIpc) is 2.44. The highest BCUT2D eigenvalue weighted by Gasteiger charge is 2.04. The standard InChI is InChI=1S/C14H22N2O3.ClH/c1-18-12-6-2-3-7-13(12)19-11-8-14(17)16-10-5-4-9-15;/h2-3,6-7H,4-5,8-11,15H2,1H3,(H,16,17);1H. The van der Waals surface area contributed by atoms with Gasteiger partial charge < -0.3 is 20.5 Å². The van der Waals surface area contributed by atoms with Crippen LogP contribution >= 0.6 is 12.4 Å². The number of halogens is 1. The number of carbonyl (C=O) groups is 1. The monoisotopic (exact) mass is 302 g/mol. The smallest absolute Gasteiger partial charge is 0.223 e. The Morgan fingerprint density at radius 1 is 1.25 bits per heavy atom. The maximum absolute atomic E-state index is 11.5. The van der Waals surface area contributed by atoms with E-state index in [9.17, 15) is 4.79 Å². The number of hydrogen-bond acceptors (Lipinski definition) is 4.